The molecule has 6 atom stereocenters. The van der Waals surface area contributed by atoms with E-state index in [-0.39, 0.29) is 6.42 Å². The third-order valence-electron chi connectivity index (χ3n) is 9.10. The van der Waals surface area contributed by atoms with Gasteiger partial charge in [0.15, 0.2) is 15.9 Å². The fourth-order valence-corrected chi connectivity index (χ4v) is 10.3. The van der Waals surface area contributed by atoms with Gasteiger partial charge in [-0.05, 0) is 38.8 Å². The zero-order valence-electron chi connectivity index (χ0n) is 26.1. The number of carbonyl (C=O) groups excluding carboxylic acids is 5. The lowest BCUT2D eigenvalue weighted by molar-refractivity contribution is -0.181. The number of amides is 3. The molecule has 2 aromatic carbocycles. The number of rotatable bonds is 9. The highest BCUT2D eigenvalue weighted by Crippen LogP contribution is 2.51. The van der Waals surface area contributed by atoms with Crippen LogP contribution in [0, 0.1) is 0 Å². The maximum atomic E-state index is 13.5. The van der Waals surface area contributed by atoms with Gasteiger partial charge in [-0.15, -0.1) is 11.8 Å². The molecule has 4 aliphatic heterocycles. The molecule has 248 valence electrons. The second-order valence-corrected chi connectivity index (χ2v) is 17.3. The van der Waals surface area contributed by atoms with Crippen LogP contribution in [0.5, 0.6) is 0 Å². The summed E-state index contributed by atoms with van der Waals surface area (Å²) in [5.41, 5.74) is 1.45. The van der Waals surface area contributed by atoms with Gasteiger partial charge in [-0.3, -0.25) is 19.4 Å². The van der Waals surface area contributed by atoms with Gasteiger partial charge in [-0.1, -0.05) is 60.7 Å². The summed E-state index contributed by atoms with van der Waals surface area (Å²) in [7, 11) is -3.81. The molecule has 6 rings (SSSR count). The number of benzene rings is 2. The van der Waals surface area contributed by atoms with Crippen LogP contribution in [0.15, 0.2) is 65.7 Å². The van der Waals surface area contributed by atoms with Crippen molar-refractivity contribution in [3.05, 3.63) is 71.8 Å². The number of carbonyl (C=O) groups is 5. The minimum atomic E-state index is -3.81. The first-order valence-electron chi connectivity index (χ1n) is 15.0. The van der Waals surface area contributed by atoms with Gasteiger partial charge in [-0.25, -0.2) is 18.0 Å². The molecular weight excluding hydrogens is 649 g/mol. The lowest BCUT2D eigenvalue weighted by atomic mass is 9.95. The first-order chi connectivity index (χ1) is 22.2. The minimum absolute atomic E-state index is 0.195. The number of esters is 2. The Labute approximate surface area is 276 Å². The molecule has 0 spiro atoms. The van der Waals surface area contributed by atoms with Crippen LogP contribution in [0.2, 0.25) is 0 Å². The fourth-order valence-electron chi connectivity index (χ4n) is 6.51. The van der Waals surface area contributed by atoms with Crippen molar-refractivity contribution in [1.29, 1.82) is 0 Å². The van der Waals surface area contributed by atoms with E-state index in [0.717, 1.165) is 10.5 Å². The maximum absolute atomic E-state index is 13.5. The van der Waals surface area contributed by atoms with Crippen molar-refractivity contribution >= 4 is 57.5 Å². The number of ether oxygens (including phenoxy) is 2. The minimum Gasteiger partial charge on any atom is -0.426 e. The lowest BCUT2D eigenvalue weighted by Crippen LogP contribution is -2.71. The van der Waals surface area contributed by atoms with Crippen molar-refractivity contribution in [3.8, 4) is 0 Å². The quantitative estimate of drug-likeness (QED) is 0.177. The average molecular weight is 683 g/mol. The summed E-state index contributed by atoms with van der Waals surface area (Å²) in [6.45, 7) is 5.40. The fraction of sp³-hybridized carbons (Fsp3) is 0.438. The highest BCUT2D eigenvalue weighted by molar-refractivity contribution is 8.01. The average Bonchev–Trinajstić information content (AvgIpc) is 3.35. The number of thioether (sulfide) groups is 1. The number of β-lactam (4-membered cyclic amide) rings is 2. The Morgan fingerprint density at radius 1 is 0.957 bits per heavy atom. The van der Waals surface area contributed by atoms with Crippen LogP contribution in [0.4, 0.5) is 0 Å². The van der Waals surface area contributed by atoms with E-state index in [4.69, 9.17) is 9.47 Å². The molecule has 15 heteroatoms. The third kappa shape index (κ3) is 5.38. The Bertz CT molecular complexity index is 1760. The summed E-state index contributed by atoms with van der Waals surface area (Å²) in [5.74, 6) is -3.26. The molecule has 0 saturated carbocycles. The molecule has 4 fully saturated rings. The van der Waals surface area contributed by atoms with Crippen molar-refractivity contribution < 1.29 is 41.9 Å². The van der Waals surface area contributed by atoms with E-state index in [9.17, 15) is 32.4 Å². The SMILES string of the molecule is CC1(C)S[C@H]2[C@@H](NC(=O)[C@H](N=Cc3ccccc3)c3ccccc3)C(=O)N2[C@@H]1C(=O)OCOC(=O)[C@H]1N2C(=O)C[C@@H]2S(=O)(=O)C1(C)C. The number of nitrogens with zero attached hydrogens (tertiary/aromatic N) is 3. The van der Waals surface area contributed by atoms with Gasteiger partial charge in [0.25, 0.3) is 0 Å². The molecule has 4 aliphatic rings. The summed E-state index contributed by atoms with van der Waals surface area (Å²) >= 11 is 1.33. The van der Waals surface area contributed by atoms with Gasteiger partial charge in [-0.2, -0.15) is 0 Å². The zero-order valence-corrected chi connectivity index (χ0v) is 27.7. The van der Waals surface area contributed by atoms with Crippen LogP contribution in [-0.2, 0) is 43.3 Å². The van der Waals surface area contributed by atoms with Gasteiger partial charge >= 0.3 is 11.9 Å². The number of hydrogen-bond acceptors (Lipinski definition) is 11. The van der Waals surface area contributed by atoms with E-state index >= 15 is 0 Å². The van der Waals surface area contributed by atoms with Gasteiger partial charge in [0.05, 0.1) is 11.2 Å². The van der Waals surface area contributed by atoms with Crippen molar-refractivity contribution in [1.82, 2.24) is 15.1 Å². The smallest absolute Gasteiger partial charge is 0.333 e. The standard InChI is InChI=1S/C32H34N4O9S2/c1-31(2)24(29(40)44-17-45-30(41)25-32(3,4)47(42,43)21-15-20(37)35(21)25)36-27(39)23(28(36)46-31)34-26(38)22(19-13-9-6-10-14-19)33-16-18-11-7-5-8-12-18/h5-14,16,21-25,28H,15,17H2,1-4H3,(H,34,38)/t21-,22+,23-,24+,25+,28-/m0/s1. The lowest BCUT2D eigenvalue weighted by Gasteiger charge is -2.44. The van der Waals surface area contributed by atoms with Crippen LogP contribution in [0.25, 0.3) is 0 Å². The summed E-state index contributed by atoms with van der Waals surface area (Å²) in [6.07, 6.45) is 1.41. The Balaban J connectivity index is 1.09. The Kier molecular flexibility index (Phi) is 8.19. The molecule has 4 saturated heterocycles. The molecule has 1 N–H and O–H groups in total. The number of fused-ring (bicyclic) bond motifs is 2. The summed E-state index contributed by atoms with van der Waals surface area (Å²) < 4.78 is 33.6. The molecule has 3 amide bonds. The molecule has 47 heavy (non-hydrogen) atoms. The second kappa shape index (κ2) is 11.8. The highest BCUT2D eigenvalue weighted by Gasteiger charge is 2.68. The van der Waals surface area contributed by atoms with Gasteiger partial charge in [0.2, 0.25) is 24.5 Å². The van der Waals surface area contributed by atoms with Crippen molar-refractivity contribution in [2.45, 2.75) is 78.5 Å². The van der Waals surface area contributed by atoms with E-state index in [1.54, 1.807) is 44.3 Å². The van der Waals surface area contributed by atoms with Crippen LogP contribution < -0.4 is 5.32 Å². The molecule has 0 aromatic heterocycles. The third-order valence-corrected chi connectivity index (χ3v) is 13.5. The number of sulfone groups is 1. The predicted molar refractivity (Wildman–Crippen MR) is 170 cm³/mol. The first kappa shape index (κ1) is 32.7. The van der Waals surface area contributed by atoms with Crippen molar-refractivity contribution in [2.75, 3.05) is 6.79 Å². The highest BCUT2D eigenvalue weighted by atomic mass is 32.2. The topological polar surface area (TPSA) is 169 Å². The molecule has 2 aromatic rings. The Hall–Kier alpha value is -4.24. The van der Waals surface area contributed by atoms with Gasteiger partial charge < -0.3 is 24.6 Å². The van der Waals surface area contributed by atoms with E-state index in [1.165, 1.54) is 30.5 Å². The largest absolute Gasteiger partial charge is 0.426 e. The van der Waals surface area contributed by atoms with Gasteiger partial charge in [0, 0.05) is 11.0 Å². The molecule has 0 unspecified atom stereocenters. The maximum Gasteiger partial charge on any atom is 0.333 e. The summed E-state index contributed by atoms with van der Waals surface area (Å²) in [6, 6.07) is 14.0. The zero-order chi connectivity index (χ0) is 33.9. The van der Waals surface area contributed by atoms with Crippen LogP contribution in [0.1, 0.15) is 51.3 Å². The number of nitrogens with one attached hydrogen (secondary N) is 1. The van der Waals surface area contributed by atoms with Crippen LogP contribution in [0.3, 0.4) is 0 Å². The molecular formula is C32H34N4O9S2. The predicted octanol–water partition coefficient (Wildman–Crippen LogP) is 1.57. The van der Waals surface area contributed by atoms with Crippen molar-refractivity contribution in [2.24, 2.45) is 4.99 Å². The Morgan fingerprint density at radius 2 is 1.55 bits per heavy atom. The van der Waals surface area contributed by atoms with Crippen LogP contribution >= 0.6 is 11.8 Å². The number of aliphatic imine (C=N–C) groups is 1. The Morgan fingerprint density at radius 3 is 2.17 bits per heavy atom. The molecule has 0 radical (unpaired) electrons. The summed E-state index contributed by atoms with van der Waals surface area (Å²) in [5, 5.41) is 1.18. The molecule has 4 heterocycles. The van der Waals surface area contributed by atoms with E-state index < -0.39 is 90.7 Å². The van der Waals surface area contributed by atoms with E-state index in [0.29, 0.717) is 5.56 Å². The second-order valence-electron chi connectivity index (χ2n) is 12.8. The molecule has 0 aliphatic carbocycles. The van der Waals surface area contributed by atoms with Crippen molar-refractivity contribution in [3.63, 3.8) is 0 Å². The van der Waals surface area contributed by atoms with Crippen LogP contribution in [-0.4, -0.2) is 99.3 Å². The molecule has 13 nitrogen and oxygen atoms in total. The molecule has 0 bridgehead atoms. The van der Waals surface area contributed by atoms with E-state index in [1.807, 2.05) is 36.4 Å². The first-order valence-corrected chi connectivity index (χ1v) is 17.4. The summed E-state index contributed by atoms with van der Waals surface area (Å²) in [4.78, 5) is 72.1. The van der Waals surface area contributed by atoms with Gasteiger partial charge in [0.1, 0.15) is 28.9 Å². The number of hydrogen-bond donors (Lipinski definition) is 1. The monoisotopic (exact) mass is 682 g/mol. The normalized spacial score (nSPS) is 28.5. The van der Waals surface area contributed by atoms with E-state index in [2.05, 4.69) is 10.3 Å².